The number of fused-ring (bicyclic) bond motifs is 1. The van der Waals surface area contributed by atoms with Gasteiger partial charge in [-0.05, 0) is 69.0 Å². The number of carbonyl (C=O) groups is 1. The molecule has 32 heavy (non-hydrogen) atoms. The summed E-state index contributed by atoms with van der Waals surface area (Å²) in [5.41, 5.74) is 5.56. The van der Waals surface area contributed by atoms with Gasteiger partial charge >= 0.3 is 0 Å². The van der Waals surface area contributed by atoms with Crippen LogP contribution in [-0.2, 0) is 16.6 Å². The molecule has 2 aromatic rings. The largest absolute Gasteiger partial charge is 0.504 e. The number of methoxy groups -OCH3 is 1. The summed E-state index contributed by atoms with van der Waals surface area (Å²) in [7, 11) is 3.86. The molecule has 0 aromatic heterocycles. The maximum Gasteiger partial charge on any atom is 0.161 e. The van der Waals surface area contributed by atoms with Crippen LogP contribution in [0.4, 0.5) is 0 Å². The summed E-state index contributed by atoms with van der Waals surface area (Å²) in [5, 5.41) is 11.5. The normalized spacial score (nSPS) is 34.7. The number of nitrogens with zero attached hydrogens (tertiary/aromatic N) is 1. The lowest BCUT2D eigenvalue weighted by Crippen LogP contribution is -2.67. The van der Waals surface area contributed by atoms with Gasteiger partial charge in [-0.15, -0.1) is 0 Å². The van der Waals surface area contributed by atoms with Crippen LogP contribution in [0.15, 0.2) is 48.0 Å². The highest BCUT2D eigenvalue weighted by molar-refractivity contribution is 5.92. The number of allylic oxidation sites excluding steroid dienone is 2. The van der Waals surface area contributed by atoms with Gasteiger partial charge in [0.25, 0.3) is 0 Å². The average Bonchev–Trinajstić information content (AvgIpc) is 3.04. The van der Waals surface area contributed by atoms with E-state index in [4.69, 9.17) is 4.74 Å². The number of rotatable bonds is 2. The zero-order chi connectivity index (χ0) is 22.3. The third-order valence-electron chi connectivity index (χ3n) is 9.40. The Hall–Kier alpha value is -2.59. The molecule has 1 N–H and O–H groups in total. The summed E-state index contributed by atoms with van der Waals surface area (Å²) in [4.78, 5) is 16.3. The maximum absolute atomic E-state index is 13.7. The van der Waals surface area contributed by atoms with E-state index in [1.165, 1.54) is 22.3 Å². The highest BCUT2D eigenvalue weighted by Gasteiger charge is 2.73. The molecule has 166 valence electrons. The van der Waals surface area contributed by atoms with Crippen molar-refractivity contribution in [3.05, 3.63) is 64.7 Å². The third kappa shape index (κ3) is 2.24. The molecule has 0 radical (unpaired) electrons. The number of phenolic OH excluding ortho intramolecular Hbond substituents is 1. The molecule has 1 unspecified atom stereocenters. The number of carbonyl (C=O) groups excluding carboxylic acids is 1. The Morgan fingerprint density at radius 2 is 1.94 bits per heavy atom. The summed E-state index contributed by atoms with van der Waals surface area (Å²) in [6, 6.07) is 14.9. The van der Waals surface area contributed by atoms with Gasteiger partial charge < -0.3 is 14.7 Å². The van der Waals surface area contributed by atoms with Gasteiger partial charge in [-0.3, -0.25) is 4.79 Å². The molecule has 1 heterocycles. The smallest absolute Gasteiger partial charge is 0.161 e. The fourth-order valence-corrected chi connectivity index (χ4v) is 8.11. The maximum atomic E-state index is 13.7. The van der Waals surface area contributed by atoms with Crippen LogP contribution in [0.2, 0.25) is 0 Å². The van der Waals surface area contributed by atoms with Gasteiger partial charge in [0, 0.05) is 34.8 Å². The van der Waals surface area contributed by atoms with Crippen LogP contribution in [-0.4, -0.2) is 42.5 Å². The highest BCUT2D eigenvalue weighted by Crippen LogP contribution is 2.74. The molecule has 4 bridgehead atoms. The van der Waals surface area contributed by atoms with Crippen molar-refractivity contribution in [1.82, 2.24) is 4.90 Å². The Bertz CT molecular complexity index is 1150. The van der Waals surface area contributed by atoms with E-state index in [-0.39, 0.29) is 22.5 Å². The average molecular weight is 430 g/mol. The summed E-state index contributed by atoms with van der Waals surface area (Å²) >= 11 is 0. The first-order valence-corrected chi connectivity index (χ1v) is 11.8. The second-order valence-corrected chi connectivity index (χ2v) is 10.3. The lowest BCUT2D eigenvalue weighted by atomic mass is 9.44. The zero-order valence-electron chi connectivity index (χ0n) is 19.1. The Morgan fingerprint density at radius 1 is 1.16 bits per heavy atom. The molecule has 2 saturated carbocycles. The van der Waals surface area contributed by atoms with Crippen LogP contribution in [0, 0.1) is 11.3 Å². The first-order chi connectivity index (χ1) is 15.4. The van der Waals surface area contributed by atoms with E-state index in [0.29, 0.717) is 24.0 Å². The predicted octanol–water partition coefficient (Wildman–Crippen LogP) is 4.74. The Morgan fingerprint density at radius 3 is 2.69 bits per heavy atom. The molecule has 0 amide bonds. The molecule has 3 fully saturated rings. The third-order valence-corrected chi connectivity index (χ3v) is 9.40. The van der Waals surface area contributed by atoms with Crippen molar-refractivity contribution in [3.63, 3.8) is 0 Å². The van der Waals surface area contributed by atoms with Crippen molar-refractivity contribution in [2.75, 3.05) is 20.7 Å². The number of piperidine rings is 1. The van der Waals surface area contributed by atoms with Crippen LogP contribution in [0.3, 0.4) is 0 Å². The minimum atomic E-state index is -0.350. The minimum Gasteiger partial charge on any atom is -0.504 e. The molecule has 6 rings (SSSR count). The molecular formula is C28H31NO3. The fourth-order valence-electron chi connectivity index (χ4n) is 8.11. The molecule has 0 spiro atoms. The fraction of sp³-hybridized carbons (Fsp3) is 0.464. The number of hydrogen-bond donors (Lipinski definition) is 1. The quantitative estimate of drug-likeness (QED) is 0.749. The number of phenols is 1. The van der Waals surface area contributed by atoms with Gasteiger partial charge in [0.2, 0.25) is 0 Å². The number of likely N-dealkylation sites (tertiary alicyclic amines) is 1. The van der Waals surface area contributed by atoms with E-state index in [9.17, 15) is 9.90 Å². The second kappa shape index (κ2) is 6.71. The van der Waals surface area contributed by atoms with E-state index < -0.39 is 0 Å². The number of aromatic hydroxyl groups is 1. The van der Waals surface area contributed by atoms with Gasteiger partial charge in [0.1, 0.15) is 5.78 Å². The van der Waals surface area contributed by atoms with E-state index in [2.05, 4.69) is 49.2 Å². The van der Waals surface area contributed by atoms with Crippen molar-refractivity contribution >= 4 is 11.4 Å². The summed E-state index contributed by atoms with van der Waals surface area (Å²) in [6.45, 7) is 3.14. The van der Waals surface area contributed by atoms with Crippen molar-refractivity contribution in [2.24, 2.45) is 11.3 Å². The topological polar surface area (TPSA) is 49.8 Å². The lowest BCUT2D eigenvalue weighted by molar-refractivity contribution is -0.138. The number of ketones is 1. The molecule has 2 aromatic carbocycles. The van der Waals surface area contributed by atoms with Crippen LogP contribution >= 0.6 is 0 Å². The van der Waals surface area contributed by atoms with Gasteiger partial charge in [0.15, 0.2) is 11.5 Å². The molecule has 4 atom stereocenters. The summed E-state index contributed by atoms with van der Waals surface area (Å²) < 4.78 is 5.55. The molecule has 1 aliphatic heterocycles. The number of likely N-dealkylation sites (N-methyl/N-ethyl adjacent to an activating group) is 1. The van der Waals surface area contributed by atoms with Crippen LogP contribution < -0.4 is 4.74 Å². The van der Waals surface area contributed by atoms with Crippen molar-refractivity contribution in [3.8, 4) is 11.5 Å². The van der Waals surface area contributed by atoms with E-state index in [0.717, 1.165) is 37.8 Å². The molecule has 4 nitrogen and oxygen atoms in total. The molecule has 4 aliphatic rings. The highest BCUT2D eigenvalue weighted by atomic mass is 16.5. The Balaban J connectivity index is 1.68. The van der Waals surface area contributed by atoms with E-state index in [1.54, 1.807) is 7.11 Å². The van der Waals surface area contributed by atoms with E-state index in [1.807, 2.05) is 12.1 Å². The van der Waals surface area contributed by atoms with Crippen molar-refractivity contribution in [2.45, 2.75) is 50.5 Å². The van der Waals surface area contributed by atoms with Crippen molar-refractivity contribution < 1.29 is 14.6 Å². The number of ether oxygens (including phenoxy) is 1. The Kier molecular flexibility index (Phi) is 4.20. The first kappa shape index (κ1) is 20.0. The zero-order valence-corrected chi connectivity index (χ0v) is 19.1. The van der Waals surface area contributed by atoms with Gasteiger partial charge in [0.05, 0.1) is 7.11 Å². The standard InChI is InChI=1S/C28H31NO3/c1-17(18-7-5-4-6-8-18)20-16-27-12-11-21(30)25(20)28(27)13-14-29(2)23(27)15-19-9-10-22(32-3)26(31)24(19)28/h4-10,23,25,31H,11-16H2,1-3H3/b20-17-/t23-,25?,27-,28+/m1/s1. The summed E-state index contributed by atoms with van der Waals surface area (Å²) in [6.07, 6.45) is 4.30. The van der Waals surface area contributed by atoms with Gasteiger partial charge in [-0.25, -0.2) is 0 Å². The molecule has 1 saturated heterocycles. The Labute approximate surface area is 189 Å². The SMILES string of the molecule is COc1ccc2c(c1O)[C@]13CCN(C)[C@H](C2)[C@]12CCC(=O)C3/C(=C(/C)c1ccccc1)C2. The van der Waals surface area contributed by atoms with Gasteiger partial charge in [-0.1, -0.05) is 42.0 Å². The molecular weight excluding hydrogens is 398 g/mol. The molecule has 3 aliphatic carbocycles. The monoisotopic (exact) mass is 429 g/mol. The first-order valence-electron chi connectivity index (χ1n) is 11.8. The number of Topliss-reactive ketones (excluding diaryl/α,β-unsaturated/α-hetero) is 1. The number of benzene rings is 2. The predicted molar refractivity (Wildman–Crippen MR) is 125 cm³/mol. The van der Waals surface area contributed by atoms with Crippen LogP contribution in [0.5, 0.6) is 11.5 Å². The molecule has 4 heteroatoms. The van der Waals surface area contributed by atoms with Crippen LogP contribution in [0.1, 0.15) is 49.3 Å². The van der Waals surface area contributed by atoms with Crippen LogP contribution in [0.25, 0.3) is 5.57 Å². The number of hydrogen-bond acceptors (Lipinski definition) is 4. The van der Waals surface area contributed by atoms with Crippen molar-refractivity contribution in [1.29, 1.82) is 0 Å². The lowest BCUT2D eigenvalue weighted by Gasteiger charge is -2.64. The second-order valence-electron chi connectivity index (χ2n) is 10.3. The minimum absolute atomic E-state index is 0.0270. The van der Waals surface area contributed by atoms with Gasteiger partial charge in [-0.2, -0.15) is 0 Å². The van der Waals surface area contributed by atoms with E-state index >= 15 is 0 Å². The summed E-state index contributed by atoms with van der Waals surface area (Å²) in [5.74, 6) is 0.968.